The van der Waals surface area contributed by atoms with Gasteiger partial charge >= 0.3 is 0 Å². The molecule has 8 heteroatoms. The molecule has 0 spiro atoms. The fourth-order valence-electron chi connectivity index (χ4n) is 2.53. The number of hydrogen-bond acceptors (Lipinski definition) is 5. The normalized spacial score (nSPS) is 11.6. The van der Waals surface area contributed by atoms with Crippen molar-refractivity contribution in [1.29, 1.82) is 0 Å². The maximum atomic E-state index is 11.9. The van der Waals surface area contributed by atoms with Crippen LogP contribution in [0.25, 0.3) is 11.1 Å². The molecule has 26 heavy (non-hydrogen) atoms. The Morgan fingerprint density at radius 3 is 2.50 bits per heavy atom. The molecule has 0 aliphatic carbocycles. The van der Waals surface area contributed by atoms with Crippen LogP contribution >= 0.6 is 0 Å². The summed E-state index contributed by atoms with van der Waals surface area (Å²) < 4.78 is 28.0. The average molecular weight is 373 g/mol. The Kier molecular flexibility index (Phi) is 5.34. The molecule has 3 rings (SSSR count). The molecule has 0 fully saturated rings. The van der Waals surface area contributed by atoms with Gasteiger partial charge in [0.15, 0.2) is 11.5 Å². The van der Waals surface area contributed by atoms with E-state index in [1.165, 1.54) is 12.1 Å². The van der Waals surface area contributed by atoms with Gasteiger partial charge in [-0.25, -0.2) is 18.5 Å². The summed E-state index contributed by atoms with van der Waals surface area (Å²) >= 11 is 0. The lowest BCUT2D eigenvalue weighted by Crippen LogP contribution is -2.25. The van der Waals surface area contributed by atoms with Gasteiger partial charge in [-0.15, -0.1) is 0 Å². The van der Waals surface area contributed by atoms with Crippen LogP contribution in [0.4, 0.5) is 0 Å². The van der Waals surface area contributed by atoms with E-state index in [4.69, 9.17) is 9.56 Å². The van der Waals surface area contributed by atoms with Gasteiger partial charge in [0.25, 0.3) is 0 Å². The Labute approximate surface area is 151 Å². The molecular formula is C18H19N3O4S. The zero-order valence-electron chi connectivity index (χ0n) is 14.0. The molecule has 0 saturated carbocycles. The summed E-state index contributed by atoms with van der Waals surface area (Å²) in [7, 11) is -3.68. The molecule has 0 aliphatic heterocycles. The number of aryl methyl sites for hydroxylation is 1. The minimum atomic E-state index is -3.68. The van der Waals surface area contributed by atoms with E-state index < -0.39 is 10.0 Å². The highest BCUT2D eigenvalue weighted by atomic mass is 32.2. The number of rotatable bonds is 7. The molecule has 0 aliphatic rings. The van der Waals surface area contributed by atoms with Gasteiger partial charge in [0, 0.05) is 19.4 Å². The fourth-order valence-corrected chi connectivity index (χ4v) is 3.04. The van der Waals surface area contributed by atoms with E-state index in [1.54, 1.807) is 12.1 Å². The number of oxazole rings is 1. The molecule has 7 nitrogen and oxygen atoms in total. The zero-order valence-corrected chi connectivity index (χ0v) is 14.8. The van der Waals surface area contributed by atoms with E-state index in [0.29, 0.717) is 30.9 Å². The molecule has 0 unspecified atom stereocenters. The van der Waals surface area contributed by atoms with E-state index in [-0.39, 0.29) is 17.2 Å². The fraction of sp³-hybridized carbons (Fsp3) is 0.222. The molecule has 2 aromatic carbocycles. The number of primary sulfonamides is 1. The maximum absolute atomic E-state index is 11.9. The summed E-state index contributed by atoms with van der Waals surface area (Å²) in [5, 5.41) is 7.88. The Morgan fingerprint density at radius 1 is 1.08 bits per heavy atom. The molecule has 3 N–H and O–H groups in total. The van der Waals surface area contributed by atoms with Crippen LogP contribution in [0.1, 0.15) is 17.9 Å². The second kappa shape index (κ2) is 7.67. The van der Waals surface area contributed by atoms with Crippen molar-refractivity contribution in [3.63, 3.8) is 0 Å². The monoisotopic (exact) mass is 373 g/mol. The summed E-state index contributed by atoms with van der Waals surface area (Å²) in [5.74, 6) is 0.452. The van der Waals surface area contributed by atoms with Crippen LogP contribution in [0.2, 0.25) is 0 Å². The quantitative estimate of drug-likeness (QED) is 0.655. The van der Waals surface area contributed by atoms with Gasteiger partial charge in [-0.1, -0.05) is 24.3 Å². The SMILES string of the molecule is NS(=O)(=O)c1ccc(CCNC(=O)CCc2nc3ccccc3o2)cc1. The van der Waals surface area contributed by atoms with Gasteiger partial charge in [0.05, 0.1) is 4.90 Å². The highest BCUT2D eigenvalue weighted by Crippen LogP contribution is 2.15. The molecule has 0 radical (unpaired) electrons. The number of carbonyl (C=O) groups is 1. The Bertz CT molecular complexity index is 977. The number of nitrogens with two attached hydrogens (primary N) is 1. The van der Waals surface area contributed by atoms with E-state index >= 15 is 0 Å². The predicted octanol–water partition coefficient (Wildman–Crippen LogP) is 1.77. The number of hydrogen-bond donors (Lipinski definition) is 2. The molecule has 1 amide bonds. The van der Waals surface area contributed by atoms with Gasteiger partial charge in [0.2, 0.25) is 15.9 Å². The second-order valence-electron chi connectivity index (χ2n) is 5.86. The third-order valence-electron chi connectivity index (χ3n) is 3.89. The van der Waals surface area contributed by atoms with Crippen LogP contribution in [0.3, 0.4) is 0 Å². The first-order valence-corrected chi connectivity index (χ1v) is 9.69. The smallest absolute Gasteiger partial charge is 0.238 e. The van der Waals surface area contributed by atoms with Crippen LogP contribution in [0.15, 0.2) is 57.8 Å². The van der Waals surface area contributed by atoms with Crippen LogP contribution in [0, 0.1) is 0 Å². The van der Waals surface area contributed by atoms with Crippen LogP contribution in [-0.2, 0) is 27.7 Å². The van der Waals surface area contributed by atoms with Crippen LogP contribution in [0.5, 0.6) is 0 Å². The standard InChI is InChI=1S/C18H19N3O4S/c19-26(23,24)14-7-5-13(6-8-14)11-12-20-17(22)9-10-18-21-15-3-1-2-4-16(15)25-18/h1-8H,9-12H2,(H,20,22)(H2,19,23,24). The summed E-state index contributed by atoms with van der Waals surface area (Å²) in [4.78, 5) is 16.3. The molecule has 0 saturated heterocycles. The maximum Gasteiger partial charge on any atom is 0.238 e. The van der Waals surface area contributed by atoms with Gasteiger partial charge in [-0.2, -0.15) is 0 Å². The largest absolute Gasteiger partial charge is 0.441 e. The lowest BCUT2D eigenvalue weighted by molar-refractivity contribution is -0.121. The number of nitrogens with zero attached hydrogens (tertiary/aromatic N) is 1. The van der Waals surface area contributed by atoms with Crippen molar-refractivity contribution in [2.75, 3.05) is 6.54 Å². The third kappa shape index (κ3) is 4.68. The highest BCUT2D eigenvalue weighted by molar-refractivity contribution is 7.89. The number of amides is 1. The minimum absolute atomic E-state index is 0.0728. The number of nitrogens with one attached hydrogen (secondary N) is 1. The molecular weight excluding hydrogens is 354 g/mol. The van der Waals surface area contributed by atoms with Crippen molar-refractivity contribution in [1.82, 2.24) is 10.3 Å². The first-order chi connectivity index (χ1) is 12.4. The number of sulfonamides is 1. The van der Waals surface area contributed by atoms with Crippen molar-refractivity contribution < 1.29 is 17.6 Å². The number of carbonyl (C=O) groups excluding carboxylic acids is 1. The van der Waals surface area contributed by atoms with Crippen molar-refractivity contribution >= 4 is 27.0 Å². The van der Waals surface area contributed by atoms with Crippen molar-refractivity contribution in [3.05, 3.63) is 60.0 Å². The number of benzene rings is 2. The molecule has 1 heterocycles. The molecule has 0 bridgehead atoms. The topological polar surface area (TPSA) is 115 Å². The lowest BCUT2D eigenvalue weighted by atomic mass is 10.1. The molecule has 1 aromatic heterocycles. The predicted molar refractivity (Wildman–Crippen MR) is 96.9 cm³/mol. The van der Waals surface area contributed by atoms with E-state index in [9.17, 15) is 13.2 Å². The summed E-state index contributed by atoms with van der Waals surface area (Å²) in [6.45, 7) is 0.459. The second-order valence-corrected chi connectivity index (χ2v) is 7.43. The van der Waals surface area contributed by atoms with Crippen molar-refractivity contribution in [2.24, 2.45) is 5.14 Å². The van der Waals surface area contributed by atoms with Crippen molar-refractivity contribution in [2.45, 2.75) is 24.2 Å². The Morgan fingerprint density at radius 2 is 1.81 bits per heavy atom. The molecule has 0 atom stereocenters. The first kappa shape index (κ1) is 18.1. The molecule has 136 valence electrons. The summed E-state index contributed by atoms with van der Waals surface area (Å²) in [6.07, 6.45) is 1.32. The summed E-state index contributed by atoms with van der Waals surface area (Å²) in [6, 6.07) is 13.8. The number of aromatic nitrogens is 1. The lowest BCUT2D eigenvalue weighted by Gasteiger charge is -2.05. The van der Waals surface area contributed by atoms with E-state index in [1.807, 2.05) is 24.3 Å². The van der Waals surface area contributed by atoms with E-state index in [0.717, 1.165) is 11.1 Å². The van der Waals surface area contributed by atoms with Gasteiger partial charge in [-0.05, 0) is 36.2 Å². The minimum Gasteiger partial charge on any atom is -0.441 e. The highest BCUT2D eigenvalue weighted by Gasteiger charge is 2.09. The van der Waals surface area contributed by atoms with Gasteiger partial charge in [0.1, 0.15) is 5.52 Å². The molecule has 3 aromatic rings. The third-order valence-corrected chi connectivity index (χ3v) is 4.82. The number of fused-ring (bicyclic) bond motifs is 1. The van der Waals surface area contributed by atoms with Gasteiger partial charge in [-0.3, -0.25) is 4.79 Å². The Hall–Kier alpha value is -2.71. The summed E-state index contributed by atoms with van der Waals surface area (Å²) in [5.41, 5.74) is 2.41. The van der Waals surface area contributed by atoms with Gasteiger partial charge < -0.3 is 9.73 Å². The van der Waals surface area contributed by atoms with Crippen LogP contribution < -0.4 is 10.5 Å². The number of para-hydroxylation sites is 2. The van der Waals surface area contributed by atoms with Crippen molar-refractivity contribution in [3.8, 4) is 0 Å². The van der Waals surface area contributed by atoms with Crippen LogP contribution in [-0.4, -0.2) is 25.9 Å². The zero-order chi connectivity index (χ0) is 18.6. The first-order valence-electron chi connectivity index (χ1n) is 8.15. The van der Waals surface area contributed by atoms with E-state index in [2.05, 4.69) is 10.3 Å². The Balaban J connectivity index is 1.44. The average Bonchev–Trinajstić information content (AvgIpc) is 3.03.